The molecule has 6 rings (SSSR count). The first-order chi connectivity index (χ1) is 18.5. The van der Waals surface area contributed by atoms with E-state index in [4.69, 9.17) is 10.7 Å². The van der Waals surface area contributed by atoms with Gasteiger partial charge in [-0.05, 0) is 37.3 Å². The second-order valence-corrected chi connectivity index (χ2v) is 9.11. The van der Waals surface area contributed by atoms with Crippen molar-refractivity contribution in [2.75, 3.05) is 18.8 Å². The second kappa shape index (κ2) is 9.46. The second-order valence-electron chi connectivity index (χ2n) is 9.11. The van der Waals surface area contributed by atoms with Gasteiger partial charge in [-0.2, -0.15) is 0 Å². The van der Waals surface area contributed by atoms with Crippen molar-refractivity contribution in [3.8, 4) is 17.5 Å². The smallest absolute Gasteiger partial charge is 0.267 e. The van der Waals surface area contributed by atoms with Crippen LogP contribution < -0.4 is 21.9 Å². The van der Waals surface area contributed by atoms with E-state index in [-0.39, 0.29) is 22.9 Å². The number of amides is 1. The number of nitrogens with one attached hydrogen (secondary N) is 2. The number of hydrogen-bond acceptors (Lipinski definition) is 7. The molecule has 5 aromatic rings. The highest BCUT2D eigenvalue weighted by molar-refractivity contribution is 6.04. The first-order valence-electron chi connectivity index (χ1n) is 12.2. The molecule has 3 aromatic heterocycles. The monoisotopic (exact) mass is 504 g/mol. The lowest BCUT2D eigenvalue weighted by Crippen LogP contribution is -2.40. The van der Waals surface area contributed by atoms with Crippen molar-refractivity contribution < 1.29 is 4.79 Å². The number of nitrogens with zero attached hydrogens (tertiary/aromatic N) is 5. The summed E-state index contributed by atoms with van der Waals surface area (Å²) < 4.78 is 2.98. The number of nitrogens with two attached hydrogens (primary N) is 1. The van der Waals surface area contributed by atoms with Crippen LogP contribution in [0.25, 0.3) is 22.2 Å². The largest absolute Gasteiger partial charge is 0.381 e. The molecule has 0 spiro atoms. The summed E-state index contributed by atoms with van der Waals surface area (Å²) in [5.74, 6) is 6.67. The molecule has 0 saturated carbocycles. The Kier molecular flexibility index (Phi) is 5.82. The van der Waals surface area contributed by atoms with Crippen LogP contribution in [0, 0.1) is 17.8 Å². The molecule has 0 radical (unpaired) electrons. The summed E-state index contributed by atoms with van der Waals surface area (Å²) >= 11 is 0. The van der Waals surface area contributed by atoms with Crippen LogP contribution in [0.3, 0.4) is 0 Å². The molecular weight excluding hydrogens is 480 g/mol. The number of benzene rings is 2. The molecule has 1 amide bonds. The Morgan fingerprint density at radius 3 is 2.74 bits per heavy atom. The van der Waals surface area contributed by atoms with Gasteiger partial charge in [0.05, 0.1) is 22.6 Å². The summed E-state index contributed by atoms with van der Waals surface area (Å²) in [7, 11) is 0. The first-order valence-corrected chi connectivity index (χ1v) is 12.2. The number of nitrogen functional groups attached to an aromatic ring is 1. The summed E-state index contributed by atoms with van der Waals surface area (Å²) in [5.41, 5.74) is 8.06. The van der Waals surface area contributed by atoms with Crippen LogP contribution >= 0.6 is 0 Å². The zero-order valence-corrected chi connectivity index (χ0v) is 20.5. The van der Waals surface area contributed by atoms with Crippen molar-refractivity contribution in [3.05, 3.63) is 94.3 Å². The van der Waals surface area contributed by atoms with Crippen molar-refractivity contribution in [1.82, 2.24) is 34.8 Å². The SMILES string of the molecule is C[C@H](NC(=O)c1c(N)nn2cccnc12)c1nc2cccc(C#CC3CNC3)c2c(=O)n1-c1ccccc1. The highest BCUT2D eigenvalue weighted by atomic mass is 16.2. The Hall–Kier alpha value is -5.01. The van der Waals surface area contributed by atoms with E-state index < -0.39 is 11.9 Å². The minimum absolute atomic E-state index is 0.0604. The highest BCUT2D eigenvalue weighted by Crippen LogP contribution is 2.22. The van der Waals surface area contributed by atoms with Gasteiger partial charge in [-0.1, -0.05) is 36.1 Å². The van der Waals surface area contributed by atoms with E-state index in [9.17, 15) is 9.59 Å². The van der Waals surface area contributed by atoms with Crippen molar-refractivity contribution in [1.29, 1.82) is 0 Å². The quantitative estimate of drug-likeness (QED) is 0.319. The maximum atomic E-state index is 14.0. The zero-order valence-electron chi connectivity index (χ0n) is 20.5. The number of aromatic nitrogens is 5. The lowest BCUT2D eigenvalue weighted by molar-refractivity contribution is 0.0940. The van der Waals surface area contributed by atoms with E-state index in [1.807, 2.05) is 42.5 Å². The van der Waals surface area contributed by atoms with E-state index in [0.29, 0.717) is 33.6 Å². The predicted molar refractivity (Wildman–Crippen MR) is 144 cm³/mol. The van der Waals surface area contributed by atoms with Gasteiger partial charge in [0, 0.05) is 37.0 Å². The summed E-state index contributed by atoms with van der Waals surface area (Å²) in [6.45, 7) is 3.46. The summed E-state index contributed by atoms with van der Waals surface area (Å²) in [6.07, 6.45) is 3.23. The molecule has 2 aromatic carbocycles. The number of fused-ring (bicyclic) bond motifs is 2. The van der Waals surface area contributed by atoms with Crippen molar-refractivity contribution >= 4 is 28.3 Å². The van der Waals surface area contributed by atoms with Gasteiger partial charge in [-0.3, -0.25) is 14.2 Å². The lowest BCUT2D eigenvalue weighted by atomic mass is 10.0. The fourth-order valence-corrected chi connectivity index (χ4v) is 4.49. The van der Waals surface area contributed by atoms with Crippen LogP contribution in [-0.2, 0) is 0 Å². The molecule has 1 aliphatic heterocycles. The van der Waals surface area contributed by atoms with Gasteiger partial charge in [0.1, 0.15) is 11.4 Å². The molecule has 0 unspecified atom stereocenters. The molecular formula is C28H24N8O2. The maximum Gasteiger partial charge on any atom is 0.267 e. The zero-order chi connectivity index (χ0) is 26.2. The number of anilines is 1. The Morgan fingerprint density at radius 1 is 1.16 bits per heavy atom. The highest BCUT2D eigenvalue weighted by Gasteiger charge is 2.25. The molecule has 10 heteroatoms. The third kappa shape index (κ3) is 4.05. The molecule has 1 aliphatic rings. The van der Waals surface area contributed by atoms with Crippen LogP contribution in [0.4, 0.5) is 5.82 Å². The van der Waals surface area contributed by atoms with Crippen LogP contribution in [0.15, 0.2) is 71.8 Å². The Bertz CT molecular complexity index is 1810. The van der Waals surface area contributed by atoms with Crippen molar-refractivity contribution in [2.45, 2.75) is 13.0 Å². The third-order valence-corrected chi connectivity index (χ3v) is 6.51. The first kappa shape index (κ1) is 23.4. The fraction of sp³-hybridized carbons (Fsp3) is 0.179. The molecule has 38 heavy (non-hydrogen) atoms. The van der Waals surface area contributed by atoms with E-state index >= 15 is 0 Å². The molecule has 0 aliphatic carbocycles. The van der Waals surface area contributed by atoms with Gasteiger partial charge < -0.3 is 16.4 Å². The molecule has 1 fully saturated rings. The summed E-state index contributed by atoms with van der Waals surface area (Å²) in [6, 6.07) is 15.7. The van der Waals surface area contributed by atoms with Gasteiger partial charge in [-0.25, -0.2) is 14.5 Å². The summed E-state index contributed by atoms with van der Waals surface area (Å²) in [4.78, 5) is 36.5. The van der Waals surface area contributed by atoms with Crippen LogP contribution in [0.2, 0.25) is 0 Å². The molecule has 4 heterocycles. The Labute approximate surface area is 217 Å². The van der Waals surface area contributed by atoms with Crippen LogP contribution in [-0.4, -0.2) is 43.1 Å². The number of carbonyl (C=O) groups excluding carboxylic acids is 1. The third-order valence-electron chi connectivity index (χ3n) is 6.51. The average Bonchev–Trinajstić information content (AvgIpc) is 3.23. The van der Waals surface area contributed by atoms with Gasteiger partial charge >= 0.3 is 0 Å². The Morgan fingerprint density at radius 2 is 1.97 bits per heavy atom. The van der Waals surface area contributed by atoms with Gasteiger partial charge in [0.25, 0.3) is 11.5 Å². The molecule has 4 N–H and O–H groups in total. The van der Waals surface area contributed by atoms with Crippen LogP contribution in [0.5, 0.6) is 0 Å². The predicted octanol–water partition coefficient (Wildman–Crippen LogP) is 2.07. The van der Waals surface area contributed by atoms with Gasteiger partial charge in [0.2, 0.25) is 0 Å². The number of hydrogen-bond donors (Lipinski definition) is 3. The standard InChI is InChI=1S/C28H24N8O2/c1-17(32-27(37)23-24(29)34-35-14-6-13-31-26(23)35)25-33-21-10-5-7-19(12-11-18-15-30-16-18)22(21)28(38)36(25)20-8-3-2-4-9-20/h2-10,13-14,17-18,30H,15-16H2,1H3,(H2,29,34)(H,32,37)/t17-/m0/s1. The van der Waals surface area contributed by atoms with Crippen LogP contribution in [0.1, 0.15) is 34.7 Å². The lowest BCUT2D eigenvalue weighted by Gasteiger charge is -2.21. The van der Waals surface area contributed by atoms with E-state index in [1.165, 1.54) is 9.08 Å². The summed E-state index contributed by atoms with van der Waals surface area (Å²) in [5, 5.41) is 10.7. The number of para-hydroxylation sites is 1. The van der Waals surface area contributed by atoms with Gasteiger partial charge in [0.15, 0.2) is 11.5 Å². The van der Waals surface area contributed by atoms with E-state index in [0.717, 1.165) is 13.1 Å². The topological polar surface area (TPSA) is 132 Å². The molecule has 1 saturated heterocycles. The number of carbonyl (C=O) groups is 1. The minimum atomic E-state index is -0.659. The molecule has 0 bridgehead atoms. The van der Waals surface area contributed by atoms with Crippen molar-refractivity contribution in [3.63, 3.8) is 0 Å². The van der Waals surface area contributed by atoms with E-state index in [2.05, 4.69) is 32.6 Å². The maximum absolute atomic E-state index is 14.0. The van der Waals surface area contributed by atoms with Gasteiger partial charge in [-0.15, -0.1) is 5.10 Å². The Balaban J connectivity index is 1.47. The number of rotatable bonds is 4. The van der Waals surface area contributed by atoms with E-state index in [1.54, 1.807) is 31.5 Å². The minimum Gasteiger partial charge on any atom is -0.381 e. The fourth-order valence-electron chi connectivity index (χ4n) is 4.49. The molecule has 1 atom stereocenters. The average molecular weight is 505 g/mol. The van der Waals surface area contributed by atoms with Crippen molar-refractivity contribution in [2.24, 2.45) is 5.92 Å². The normalized spacial score (nSPS) is 14.0. The molecule has 188 valence electrons. The molecule has 10 nitrogen and oxygen atoms in total.